The molecule has 1 amide bonds. The van der Waals surface area contributed by atoms with Gasteiger partial charge < -0.3 is 4.74 Å². The first kappa shape index (κ1) is 15.1. The Bertz CT molecular complexity index is 646. The number of carbonyl (C=O) groups is 1. The molecule has 0 saturated carbocycles. The third-order valence-electron chi connectivity index (χ3n) is 2.24. The summed E-state index contributed by atoms with van der Waals surface area (Å²) in [5.41, 5.74) is -0.00987. The zero-order valence-electron chi connectivity index (χ0n) is 10.5. The number of rotatable bonds is 6. The SMILES string of the molecule is O=C(CCl)Nc1nnc(COc2ccc([N+](=O)[O-])cc2)s1. The largest absolute Gasteiger partial charge is 0.486 e. The summed E-state index contributed by atoms with van der Waals surface area (Å²) in [4.78, 5) is 21.1. The van der Waals surface area contributed by atoms with E-state index in [1.54, 1.807) is 0 Å². The van der Waals surface area contributed by atoms with Gasteiger partial charge in [0.25, 0.3) is 5.69 Å². The Morgan fingerprint density at radius 2 is 2.10 bits per heavy atom. The molecular weight excluding hydrogens is 320 g/mol. The Balaban J connectivity index is 1.90. The van der Waals surface area contributed by atoms with Gasteiger partial charge in [0.05, 0.1) is 4.92 Å². The number of aromatic nitrogens is 2. The van der Waals surface area contributed by atoms with Crippen LogP contribution in [0.15, 0.2) is 24.3 Å². The number of alkyl halides is 1. The molecule has 2 rings (SSSR count). The van der Waals surface area contributed by atoms with Gasteiger partial charge in [-0.3, -0.25) is 20.2 Å². The van der Waals surface area contributed by atoms with Crippen LogP contribution in [0.25, 0.3) is 0 Å². The Hall–Kier alpha value is -2.26. The lowest BCUT2D eigenvalue weighted by Crippen LogP contribution is -2.12. The second-order valence-corrected chi connectivity index (χ2v) is 5.05. The third kappa shape index (κ3) is 4.36. The van der Waals surface area contributed by atoms with Gasteiger partial charge in [-0.05, 0) is 12.1 Å². The van der Waals surface area contributed by atoms with E-state index in [0.29, 0.717) is 15.9 Å². The van der Waals surface area contributed by atoms with E-state index >= 15 is 0 Å². The second-order valence-electron chi connectivity index (χ2n) is 3.72. The summed E-state index contributed by atoms with van der Waals surface area (Å²) < 4.78 is 5.42. The quantitative estimate of drug-likeness (QED) is 0.495. The maximum Gasteiger partial charge on any atom is 0.269 e. The number of carbonyl (C=O) groups excluding carboxylic acids is 1. The maximum atomic E-state index is 11.1. The molecule has 1 aromatic heterocycles. The van der Waals surface area contributed by atoms with Crippen LogP contribution in [-0.4, -0.2) is 26.9 Å². The highest BCUT2D eigenvalue weighted by Crippen LogP contribution is 2.20. The van der Waals surface area contributed by atoms with Crippen LogP contribution in [0.4, 0.5) is 10.8 Å². The summed E-state index contributed by atoms with van der Waals surface area (Å²) in [5.74, 6) is -0.0495. The lowest BCUT2D eigenvalue weighted by atomic mass is 10.3. The first-order valence-corrected chi connectivity index (χ1v) is 6.99. The van der Waals surface area contributed by atoms with E-state index in [1.165, 1.54) is 24.3 Å². The summed E-state index contributed by atoms with van der Waals surface area (Å²) in [6.45, 7) is 0.145. The molecular formula is C11H9ClN4O4S. The van der Waals surface area contributed by atoms with E-state index < -0.39 is 4.92 Å². The van der Waals surface area contributed by atoms with Crippen LogP contribution in [0, 0.1) is 10.1 Å². The number of benzene rings is 1. The normalized spacial score (nSPS) is 10.1. The molecule has 0 atom stereocenters. The van der Waals surface area contributed by atoms with Crippen molar-refractivity contribution in [2.75, 3.05) is 11.2 Å². The van der Waals surface area contributed by atoms with E-state index in [2.05, 4.69) is 15.5 Å². The van der Waals surface area contributed by atoms with Gasteiger partial charge in [-0.2, -0.15) is 0 Å². The number of halogens is 1. The molecule has 0 aliphatic heterocycles. The minimum Gasteiger partial charge on any atom is -0.486 e. The van der Waals surface area contributed by atoms with Crippen molar-refractivity contribution >= 4 is 39.7 Å². The highest BCUT2D eigenvalue weighted by molar-refractivity contribution is 7.15. The molecule has 0 saturated heterocycles. The van der Waals surface area contributed by atoms with Gasteiger partial charge in [0.15, 0.2) is 5.01 Å². The molecule has 0 aliphatic rings. The predicted molar refractivity (Wildman–Crippen MR) is 76.7 cm³/mol. The molecule has 2 aromatic rings. The summed E-state index contributed by atoms with van der Waals surface area (Å²) in [6, 6.07) is 5.69. The van der Waals surface area contributed by atoms with Crippen molar-refractivity contribution in [3.63, 3.8) is 0 Å². The van der Waals surface area contributed by atoms with E-state index in [4.69, 9.17) is 16.3 Å². The average Bonchev–Trinajstić information content (AvgIpc) is 2.93. The Kier molecular flexibility index (Phi) is 5.01. The van der Waals surface area contributed by atoms with Crippen molar-refractivity contribution in [2.45, 2.75) is 6.61 Å². The molecule has 21 heavy (non-hydrogen) atoms. The number of hydrogen-bond donors (Lipinski definition) is 1. The Morgan fingerprint density at radius 3 is 2.71 bits per heavy atom. The minimum atomic E-state index is -0.486. The van der Waals surface area contributed by atoms with Gasteiger partial charge in [0.1, 0.15) is 18.2 Å². The van der Waals surface area contributed by atoms with E-state index in [0.717, 1.165) is 11.3 Å². The van der Waals surface area contributed by atoms with E-state index in [9.17, 15) is 14.9 Å². The number of hydrogen-bond acceptors (Lipinski definition) is 7. The summed E-state index contributed by atoms with van der Waals surface area (Å²) >= 11 is 6.51. The van der Waals surface area contributed by atoms with Crippen molar-refractivity contribution in [1.82, 2.24) is 10.2 Å². The molecule has 110 valence electrons. The zero-order valence-corrected chi connectivity index (χ0v) is 12.1. The highest BCUT2D eigenvalue weighted by Gasteiger charge is 2.09. The molecule has 1 heterocycles. The van der Waals surface area contributed by atoms with Crippen LogP contribution in [0.5, 0.6) is 5.75 Å². The molecule has 0 spiro atoms. The first-order valence-electron chi connectivity index (χ1n) is 5.64. The topological polar surface area (TPSA) is 107 Å². The van der Waals surface area contributed by atoms with E-state index in [-0.39, 0.29) is 24.1 Å². The molecule has 0 bridgehead atoms. The number of nitrogens with zero attached hydrogens (tertiary/aromatic N) is 3. The molecule has 0 radical (unpaired) electrons. The zero-order chi connectivity index (χ0) is 15.2. The molecule has 8 nitrogen and oxygen atoms in total. The summed E-state index contributed by atoms with van der Waals surface area (Å²) in [7, 11) is 0. The van der Waals surface area contributed by atoms with Crippen molar-refractivity contribution in [1.29, 1.82) is 0 Å². The molecule has 0 fully saturated rings. The van der Waals surface area contributed by atoms with Gasteiger partial charge >= 0.3 is 0 Å². The Morgan fingerprint density at radius 1 is 1.38 bits per heavy atom. The fraction of sp³-hybridized carbons (Fsp3) is 0.182. The van der Waals surface area contributed by atoms with Gasteiger partial charge in [-0.25, -0.2) is 0 Å². The number of non-ortho nitro benzene ring substituents is 1. The van der Waals surface area contributed by atoms with E-state index in [1.807, 2.05) is 0 Å². The average molecular weight is 329 g/mol. The fourth-order valence-electron chi connectivity index (χ4n) is 1.32. The number of nitro groups is 1. The highest BCUT2D eigenvalue weighted by atomic mass is 35.5. The van der Waals surface area contributed by atoms with Crippen LogP contribution in [-0.2, 0) is 11.4 Å². The monoisotopic (exact) mass is 328 g/mol. The van der Waals surface area contributed by atoms with Crippen LogP contribution >= 0.6 is 22.9 Å². The lowest BCUT2D eigenvalue weighted by molar-refractivity contribution is -0.384. The number of anilines is 1. The lowest BCUT2D eigenvalue weighted by Gasteiger charge is -2.02. The van der Waals surface area contributed by atoms with Crippen molar-refractivity contribution in [3.8, 4) is 5.75 Å². The first-order chi connectivity index (χ1) is 10.1. The Labute approximate surface area is 127 Å². The van der Waals surface area contributed by atoms with Crippen molar-refractivity contribution in [2.24, 2.45) is 0 Å². The standard InChI is InChI=1S/C11H9ClN4O4S/c12-5-9(17)13-11-15-14-10(21-11)6-20-8-3-1-7(2-4-8)16(18)19/h1-4H,5-6H2,(H,13,15,17). The maximum absolute atomic E-state index is 11.1. The number of nitro benzene ring substituents is 1. The smallest absolute Gasteiger partial charge is 0.269 e. The van der Waals surface area contributed by atoms with Crippen molar-refractivity contribution in [3.05, 3.63) is 39.4 Å². The number of nitrogens with one attached hydrogen (secondary N) is 1. The molecule has 1 aromatic carbocycles. The van der Waals surface area contributed by atoms with Gasteiger partial charge in [-0.15, -0.1) is 21.8 Å². The third-order valence-corrected chi connectivity index (χ3v) is 3.30. The summed E-state index contributed by atoms with van der Waals surface area (Å²) in [5, 5.41) is 21.5. The van der Waals surface area contributed by atoms with Crippen LogP contribution in [0.2, 0.25) is 0 Å². The molecule has 1 N–H and O–H groups in total. The number of amides is 1. The molecule has 0 aliphatic carbocycles. The fourth-order valence-corrected chi connectivity index (χ4v) is 2.06. The van der Waals surface area contributed by atoms with Gasteiger partial charge in [-0.1, -0.05) is 11.3 Å². The van der Waals surface area contributed by atoms with Crippen LogP contribution in [0.3, 0.4) is 0 Å². The number of ether oxygens (including phenoxy) is 1. The van der Waals surface area contributed by atoms with Gasteiger partial charge in [0.2, 0.25) is 11.0 Å². The molecule has 0 unspecified atom stereocenters. The summed E-state index contributed by atoms with van der Waals surface area (Å²) in [6.07, 6.45) is 0. The minimum absolute atomic E-state index is 0.00987. The van der Waals surface area contributed by atoms with Crippen LogP contribution < -0.4 is 10.1 Å². The van der Waals surface area contributed by atoms with Gasteiger partial charge in [0, 0.05) is 12.1 Å². The second kappa shape index (κ2) is 6.95. The predicted octanol–water partition coefficient (Wildman–Crippen LogP) is 2.20. The van der Waals surface area contributed by atoms with Crippen molar-refractivity contribution < 1.29 is 14.5 Å². The van der Waals surface area contributed by atoms with Crippen LogP contribution in [0.1, 0.15) is 5.01 Å². The molecule has 10 heteroatoms.